The van der Waals surface area contributed by atoms with Gasteiger partial charge >= 0.3 is 0 Å². The van der Waals surface area contributed by atoms with Crippen LogP contribution in [0.1, 0.15) is 43.0 Å². The van der Waals surface area contributed by atoms with E-state index < -0.39 is 0 Å². The van der Waals surface area contributed by atoms with Crippen molar-refractivity contribution in [1.82, 2.24) is 5.43 Å². The van der Waals surface area contributed by atoms with Gasteiger partial charge in [0.05, 0.1) is 0 Å². The maximum absolute atomic E-state index is 11.8. The zero-order chi connectivity index (χ0) is 13.0. The molecule has 1 aliphatic carbocycles. The van der Waals surface area contributed by atoms with E-state index in [4.69, 9.17) is 5.11 Å². The van der Waals surface area contributed by atoms with Gasteiger partial charge in [-0.05, 0) is 55.9 Å². The lowest BCUT2D eigenvalue weighted by molar-refractivity contribution is 0.0954. The van der Waals surface area contributed by atoms with Crippen molar-refractivity contribution >= 4 is 11.6 Å². The number of benzene rings is 1. The number of phenolic OH excluding ortho intramolecular Hbond substituents is 1. The van der Waals surface area contributed by atoms with Crippen LogP contribution in [0.3, 0.4) is 0 Å². The van der Waals surface area contributed by atoms with Gasteiger partial charge in [-0.3, -0.25) is 4.79 Å². The zero-order valence-corrected chi connectivity index (χ0v) is 10.5. The number of nitrogens with one attached hydrogen (secondary N) is 1. The average molecular weight is 246 g/mol. The average Bonchev–Trinajstić information content (AvgIpc) is 2.38. The van der Waals surface area contributed by atoms with E-state index in [-0.39, 0.29) is 11.7 Å². The molecule has 1 aromatic rings. The Morgan fingerprint density at radius 1 is 1.28 bits per heavy atom. The van der Waals surface area contributed by atoms with Crippen LogP contribution in [0.2, 0.25) is 0 Å². The molecule has 4 heteroatoms. The second kappa shape index (κ2) is 5.67. The number of amides is 1. The summed E-state index contributed by atoms with van der Waals surface area (Å²) in [6, 6.07) is 6.14. The third-order valence-corrected chi connectivity index (χ3v) is 3.30. The number of carbonyl (C=O) groups is 1. The normalized spacial score (nSPS) is 19.4. The minimum absolute atomic E-state index is 0.152. The summed E-state index contributed by atoms with van der Waals surface area (Å²) < 4.78 is 0. The first kappa shape index (κ1) is 12.6. The summed E-state index contributed by atoms with van der Waals surface area (Å²) in [4.78, 5) is 11.8. The van der Waals surface area contributed by atoms with Gasteiger partial charge in [-0.1, -0.05) is 6.92 Å². The van der Waals surface area contributed by atoms with Crippen molar-refractivity contribution in [3.8, 4) is 5.75 Å². The lowest BCUT2D eigenvalue weighted by Crippen LogP contribution is -2.21. The van der Waals surface area contributed by atoms with E-state index in [1.807, 2.05) is 0 Å². The van der Waals surface area contributed by atoms with Gasteiger partial charge in [0.15, 0.2) is 0 Å². The van der Waals surface area contributed by atoms with Gasteiger partial charge in [-0.15, -0.1) is 0 Å². The standard InChI is InChI=1S/C14H18N2O2/c1-10-2-6-12(7-3-10)15-16-14(18)11-4-8-13(17)9-5-11/h4-5,8-10,17H,2-3,6-7H2,1H3,(H,16,18). The van der Waals surface area contributed by atoms with Gasteiger partial charge in [0, 0.05) is 11.3 Å². The largest absolute Gasteiger partial charge is 0.508 e. The van der Waals surface area contributed by atoms with Gasteiger partial charge in [0.2, 0.25) is 0 Å². The first-order chi connectivity index (χ1) is 8.65. The van der Waals surface area contributed by atoms with E-state index in [1.54, 1.807) is 12.1 Å². The van der Waals surface area contributed by atoms with Crippen LogP contribution in [0.15, 0.2) is 29.4 Å². The lowest BCUT2D eigenvalue weighted by Gasteiger charge is -2.18. The number of hydrogen-bond donors (Lipinski definition) is 2. The molecule has 0 atom stereocenters. The van der Waals surface area contributed by atoms with Gasteiger partial charge in [-0.2, -0.15) is 5.10 Å². The van der Waals surface area contributed by atoms with Crippen molar-refractivity contribution in [2.75, 3.05) is 0 Å². The first-order valence-electron chi connectivity index (χ1n) is 6.30. The number of nitrogens with zero attached hydrogens (tertiary/aromatic N) is 1. The molecule has 0 bridgehead atoms. The monoisotopic (exact) mass is 246 g/mol. The topological polar surface area (TPSA) is 61.7 Å². The third kappa shape index (κ3) is 3.32. The molecule has 0 spiro atoms. The highest BCUT2D eigenvalue weighted by atomic mass is 16.3. The molecule has 1 amide bonds. The van der Waals surface area contributed by atoms with Gasteiger partial charge in [-0.25, -0.2) is 5.43 Å². The predicted molar refractivity (Wildman–Crippen MR) is 70.6 cm³/mol. The number of carbonyl (C=O) groups excluding carboxylic acids is 1. The van der Waals surface area contributed by atoms with Crippen molar-refractivity contribution in [3.63, 3.8) is 0 Å². The van der Waals surface area contributed by atoms with Gasteiger partial charge in [0.25, 0.3) is 5.91 Å². The predicted octanol–water partition coefficient (Wildman–Crippen LogP) is 2.69. The summed E-state index contributed by atoms with van der Waals surface area (Å²) in [5.74, 6) is 0.678. The van der Waals surface area contributed by atoms with Crippen molar-refractivity contribution < 1.29 is 9.90 Å². The maximum Gasteiger partial charge on any atom is 0.271 e. The first-order valence-corrected chi connectivity index (χ1v) is 6.30. The van der Waals surface area contributed by atoms with Crippen molar-refractivity contribution in [2.24, 2.45) is 11.0 Å². The van der Waals surface area contributed by atoms with E-state index in [1.165, 1.54) is 12.1 Å². The fourth-order valence-corrected chi connectivity index (χ4v) is 2.01. The summed E-state index contributed by atoms with van der Waals surface area (Å²) in [6.07, 6.45) is 4.23. The highest BCUT2D eigenvalue weighted by Crippen LogP contribution is 2.21. The van der Waals surface area contributed by atoms with E-state index >= 15 is 0 Å². The Bertz CT molecular complexity index is 441. The summed E-state index contributed by atoms with van der Waals surface area (Å²) in [5.41, 5.74) is 4.14. The highest BCUT2D eigenvalue weighted by Gasteiger charge is 2.13. The Hall–Kier alpha value is -1.84. The number of rotatable bonds is 2. The van der Waals surface area contributed by atoms with Crippen LogP contribution >= 0.6 is 0 Å². The van der Waals surface area contributed by atoms with Gasteiger partial charge < -0.3 is 5.11 Å². The maximum atomic E-state index is 11.8. The minimum Gasteiger partial charge on any atom is -0.508 e. The Balaban J connectivity index is 1.92. The minimum atomic E-state index is -0.235. The molecule has 1 fully saturated rings. The van der Waals surface area contributed by atoms with Crippen molar-refractivity contribution in [3.05, 3.63) is 29.8 Å². The van der Waals surface area contributed by atoms with Crippen molar-refractivity contribution in [1.29, 1.82) is 0 Å². The van der Waals surface area contributed by atoms with E-state index in [0.29, 0.717) is 5.56 Å². The van der Waals surface area contributed by atoms with Crippen LogP contribution in [-0.2, 0) is 0 Å². The third-order valence-electron chi connectivity index (χ3n) is 3.30. The second-order valence-corrected chi connectivity index (χ2v) is 4.85. The van der Waals surface area contributed by atoms with E-state index in [9.17, 15) is 4.79 Å². The molecule has 18 heavy (non-hydrogen) atoms. The zero-order valence-electron chi connectivity index (χ0n) is 10.5. The molecule has 1 aromatic carbocycles. The molecule has 0 aromatic heterocycles. The summed E-state index contributed by atoms with van der Waals surface area (Å²) in [7, 11) is 0. The SMILES string of the molecule is CC1CCC(=NNC(=O)c2ccc(O)cc2)CC1. The number of aromatic hydroxyl groups is 1. The molecule has 2 rings (SSSR count). The summed E-state index contributed by atoms with van der Waals surface area (Å²) >= 11 is 0. The molecule has 4 nitrogen and oxygen atoms in total. The molecule has 0 heterocycles. The summed E-state index contributed by atoms with van der Waals surface area (Å²) in [6.45, 7) is 2.24. The lowest BCUT2D eigenvalue weighted by atomic mass is 9.90. The van der Waals surface area contributed by atoms with Crippen LogP contribution in [0, 0.1) is 5.92 Å². The molecule has 0 aliphatic heterocycles. The van der Waals surface area contributed by atoms with Crippen LogP contribution in [0.25, 0.3) is 0 Å². The molecule has 1 saturated carbocycles. The number of phenols is 1. The Morgan fingerprint density at radius 3 is 2.50 bits per heavy atom. The highest BCUT2D eigenvalue weighted by molar-refractivity contribution is 5.95. The fourth-order valence-electron chi connectivity index (χ4n) is 2.01. The molecule has 2 N–H and O–H groups in total. The summed E-state index contributed by atoms with van der Waals surface area (Å²) in [5, 5.41) is 13.3. The van der Waals surface area contributed by atoms with E-state index in [2.05, 4.69) is 17.5 Å². The smallest absolute Gasteiger partial charge is 0.271 e. The molecule has 0 unspecified atom stereocenters. The van der Waals surface area contributed by atoms with Crippen LogP contribution in [-0.4, -0.2) is 16.7 Å². The van der Waals surface area contributed by atoms with Gasteiger partial charge in [0.1, 0.15) is 5.75 Å². The molecule has 96 valence electrons. The Morgan fingerprint density at radius 2 is 1.89 bits per heavy atom. The molecular formula is C14H18N2O2. The fraction of sp³-hybridized carbons (Fsp3) is 0.429. The number of hydrogen-bond acceptors (Lipinski definition) is 3. The quantitative estimate of drug-likeness (QED) is 0.788. The van der Waals surface area contributed by atoms with E-state index in [0.717, 1.165) is 37.3 Å². The molecule has 0 radical (unpaired) electrons. The van der Waals surface area contributed by atoms with Crippen LogP contribution in [0.4, 0.5) is 0 Å². The Kier molecular flexibility index (Phi) is 3.97. The molecule has 1 aliphatic rings. The van der Waals surface area contributed by atoms with Crippen LogP contribution < -0.4 is 5.43 Å². The second-order valence-electron chi connectivity index (χ2n) is 4.85. The molecular weight excluding hydrogens is 228 g/mol. The van der Waals surface area contributed by atoms with Crippen LogP contribution in [0.5, 0.6) is 5.75 Å². The number of hydrazone groups is 1. The Labute approximate surface area is 107 Å². The molecule has 0 saturated heterocycles. The van der Waals surface area contributed by atoms with Crippen molar-refractivity contribution in [2.45, 2.75) is 32.6 Å².